The Kier molecular flexibility index (Phi) is 9.50. The van der Waals surface area contributed by atoms with E-state index >= 15 is 0 Å². The van der Waals surface area contributed by atoms with Crippen LogP contribution in [-0.4, -0.2) is 83.8 Å². The average Bonchev–Trinajstić information content (AvgIpc) is 4.16. The fourth-order valence-electron chi connectivity index (χ4n) is 9.18. The van der Waals surface area contributed by atoms with Crippen LogP contribution in [0.15, 0.2) is 95.5 Å². The summed E-state index contributed by atoms with van der Waals surface area (Å²) in [4.78, 5) is 62.3. The Morgan fingerprint density at radius 2 is 1.16 bits per heavy atom. The van der Waals surface area contributed by atoms with Gasteiger partial charge in [-0.3, -0.25) is 9.59 Å². The number of oxazole rings is 1. The van der Waals surface area contributed by atoms with Gasteiger partial charge >= 0.3 is 0 Å². The molecule has 9 aromatic rings. The summed E-state index contributed by atoms with van der Waals surface area (Å²) in [6, 6.07) is 25.6. The summed E-state index contributed by atoms with van der Waals surface area (Å²) in [5, 5.41) is 3.26. The topological polar surface area (TPSA) is 168 Å². The Balaban J connectivity index is 0.833. The van der Waals surface area contributed by atoms with Gasteiger partial charge in [-0.25, -0.2) is 24.9 Å². The predicted molar refractivity (Wildman–Crippen MR) is 239 cm³/mol. The number of fused-ring (bicyclic) bond motifs is 4. The summed E-state index contributed by atoms with van der Waals surface area (Å²) in [5.74, 6) is 3.23. The zero-order valence-electron chi connectivity index (χ0n) is 34.0. The SMILES string of the molecule is COc1cccc2c(C(=O)N3CCC[C@H]3c3nc4ccc(-c5cnc(-c6ccc7nc([C@@H]8CCCN8C(=O)c8nc(Cl)cc9c(OC)cccc89)[nH]c7c6)o5)cc4[nH]3)nc(Cl)cc12. The first-order valence-electron chi connectivity index (χ1n) is 20.6. The quantitative estimate of drug-likeness (QED) is 0.140. The maximum atomic E-state index is 14.1. The fourth-order valence-corrected chi connectivity index (χ4v) is 9.57. The van der Waals surface area contributed by atoms with Gasteiger partial charge in [-0.15, -0.1) is 0 Å². The molecule has 314 valence electrons. The number of H-pyrrole nitrogens is 2. The Morgan fingerprint density at radius 3 is 1.68 bits per heavy atom. The first kappa shape index (κ1) is 38.9. The molecule has 63 heavy (non-hydrogen) atoms. The molecular formula is C47H37Cl2N9O5. The Hall–Kier alpha value is -7.03. The third-order valence-corrected chi connectivity index (χ3v) is 12.5. The number of benzene rings is 4. The molecule has 2 amide bonds. The molecule has 2 atom stereocenters. The smallest absolute Gasteiger partial charge is 0.273 e. The molecule has 0 aliphatic carbocycles. The highest BCUT2D eigenvalue weighted by Gasteiger charge is 2.36. The molecule has 5 aromatic heterocycles. The van der Waals surface area contributed by atoms with E-state index in [1.54, 1.807) is 32.5 Å². The van der Waals surface area contributed by atoms with Crippen LogP contribution in [0.1, 0.15) is 70.4 Å². The molecule has 0 radical (unpaired) electrons. The third kappa shape index (κ3) is 6.68. The van der Waals surface area contributed by atoms with Gasteiger partial charge in [0.05, 0.1) is 54.6 Å². The molecule has 7 heterocycles. The number of nitrogens with zero attached hydrogens (tertiary/aromatic N) is 7. The number of pyridine rings is 2. The lowest BCUT2D eigenvalue weighted by Gasteiger charge is -2.23. The van der Waals surface area contributed by atoms with Crippen LogP contribution < -0.4 is 9.47 Å². The number of likely N-dealkylation sites (tertiary alicyclic amines) is 2. The summed E-state index contributed by atoms with van der Waals surface area (Å²) in [6.45, 7) is 1.12. The molecule has 0 spiro atoms. The van der Waals surface area contributed by atoms with Crippen LogP contribution in [0.2, 0.25) is 10.3 Å². The van der Waals surface area contributed by atoms with E-state index in [0.717, 1.165) is 69.6 Å². The molecule has 2 fully saturated rings. The molecular weight excluding hydrogens is 841 g/mol. The van der Waals surface area contributed by atoms with Crippen LogP contribution in [0.5, 0.6) is 11.5 Å². The van der Waals surface area contributed by atoms with Crippen LogP contribution >= 0.6 is 23.2 Å². The van der Waals surface area contributed by atoms with Gasteiger partial charge in [-0.1, -0.05) is 47.5 Å². The van der Waals surface area contributed by atoms with Crippen molar-refractivity contribution in [2.24, 2.45) is 0 Å². The van der Waals surface area contributed by atoms with E-state index in [0.29, 0.717) is 58.7 Å². The number of hydrogen-bond acceptors (Lipinski definition) is 10. The summed E-state index contributed by atoms with van der Waals surface area (Å²) < 4.78 is 17.4. The highest BCUT2D eigenvalue weighted by atomic mass is 35.5. The molecule has 2 aliphatic rings. The minimum atomic E-state index is -0.275. The monoisotopic (exact) mass is 877 g/mol. The Morgan fingerprint density at radius 1 is 0.651 bits per heavy atom. The van der Waals surface area contributed by atoms with E-state index in [-0.39, 0.29) is 45.6 Å². The number of aromatic nitrogens is 7. The van der Waals surface area contributed by atoms with Crippen LogP contribution in [0.3, 0.4) is 0 Å². The number of hydrogen-bond donors (Lipinski definition) is 2. The van der Waals surface area contributed by atoms with Crippen molar-refractivity contribution in [1.29, 1.82) is 0 Å². The molecule has 2 N–H and O–H groups in total. The summed E-state index contributed by atoms with van der Waals surface area (Å²) in [5.41, 5.74) is 5.28. The first-order chi connectivity index (χ1) is 30.7. The summed E-state index contributed by atoms with van der Waals surface area (Å²) in [6.07, 6.45) is 4.84. The lowest BCUT2D eigenvalue weighted by atomic mass is 10.1. The van der Waals surface area contributed by atoms with Crippen LogP contribution in [0.4, 0.5) is 0 Å². The van der Waals surface area contributed by atoms with E-state index in [1.165, 1.54) is 0 Å². The number of imidazole rings is 2. The molecule has 0 saturated carbocycles. The molecule has 14 nitrogen and oxygen atoms in total. The van der Waals surface area contributed by atoms with Crippen LogP contribution in [0, 0.1) is 0 Å². The maximum Gasteiger partial charge on any atom is 0.273 e. The van der Waals surface area contributed by atoms with Crippen molar-refractivity contribution in [1.82, 2.24) is 44.7 Å². The van der Waals surface area contributed by atoms with Gasteiger partial charge in [-0.05, 0) is 86.3 Å². The number of aromatic amines is 2. The minimum absolute atomic E-state index is 0.212. The van der Waals surface area contributed by atoms with Gasteiger partial charge in [-0.2, -0.15) is 0 Å². The number of halogens is 2. The maximum absolute atomic E-state index is 14.1. The number of amides is 2. The van der Waals surface area contributed by atoms with E-state index in [2.05, 4.69) is 24.9 Å². The predicted octanol–water partition coefficient (Wildman–Crippen LogP) is 10.1. The zero-order chi connectivity index (χ0) is 42.9. The van der Waals surface area contributed by atoms with Gasteiger partial charge in [0.25, 0.3) is 11.8 Å². The van der Waals surface area contributed by atoms with Gasteiger partial charge < -0.3 is 33.7 Å². The van der Waals surface area contributed by atoms with Crippen LogP contribution in [-0.2, 0) is 0 Å². The molecule has 2 aliphatic heterocycles. The number of ether oxygens (including phenoxy) is 2. The van der Waals surface area contributed by atoms with E-state index in [1.807, 2.05) is 82.6 Å². The van der Waals surface area contributed by atoms with Gasteiger partial charge in [0.2, 0.25) is 5.89 Å². The molecule has 0 unspecified atom stereocenters. The highest BCUT2D eigenvalue weighted by Crippen LogP contribution is 2.39. The molecule has 16 heteroatoms. The average molecular weight is 879 g/mol. The Labute approximate surface area is 369 Å². The van der Waals surface area contributed by atoms with Gasteiger partial charge in [0.1, 0.15) is 44.8 Å². The minimum Gasteiger partial charge on any atom is -0.496 e. The van der Waals surface area contributed by atoms with Crippen molar-refractivity contribution in [3.05, 3.63) is 124 Å². The second-order valence-electron chi connectivity index (χ2n) is 15.7. The van der Waals surface area contributed by atoms with Crippen molar-refractivity contribution in [3.63, 3.8) is 0 Å². The lowest BCUT2D eigenvalue weighted by Crippen LogP contribution is -2.32. The van der Waals surface area contributed by atoms with Crippen LogP contribution in [0.25, 0.3) is 66.4 Å². The zero-order valence-corrected chi connectivity index (χ0v) is 35.5. The second-order valence-corrected chi connectivity index (χ2v) is 16.5. The number of rotatable bonds is 8. The van der Waals surface area contributed by atoms with Crippen molar-refractivity contribution in [2.75, 3.05) is 27.3 Å². The summed E-state index contributed by atoms with van der Waals surface area (Å²) in [7, 11) is 3.18. The summed E-state index contributed by atoms with van der Waals surface area (Å²) >= 11 is 12.8. The standard InChI is InChI=1S/C47H37Cl2N9O5/c1-61-36-11-3-7-26-28(36)21-39(48)55-41(26)46(59)57-17-5-9-34(57)43-51-30-15-13-24(19-32(30)53-43)38-23-50-45(63-38)25-14-16-31-33(20-25)54-44(52-31)35-10-6-18-58(35)47(60)42-27-8-4-12-37(62-2)29(27)22-40(49)56-42/h3-4,7-8,11-16,19-23,34-35H,5-6,9-10,17-18H2,1-2H3,(H,51,53)(H,52,54)/t34-,35-/m0/s1. The fraction of sp³-hybridized carbons (Fsp3) is 0.213. The van der Waals surface area contributed by atoms with Crippen molar-refractivity contribution in [3.8, 4) is 34.3 Å². The van der Waals surface area contributed by atoms with Gasteiger partial charge in [0, 0.05) is 45.8 Å². The van der Waals surface area contributed by atoms with Crippen molar-refractivity contribution in [2.45, 2.75) is 37.8 Å². The third-order valence-electron chi connectivity index (χ3n) is 12.1. The van der Waals surface area contributed by atoms with E-state index in [4.69, 9.17) is 47.1 Å². The number of carbonyl (C=O) groups is 2. The van der Waals surface area contributed by atoms with Crippen molar-refractivity contribution >= 4 is 78.6 Å². The normalized spacial score (nSPS) is 16.6. The number of methoxy groups -OCH3 is 2. The largest absolute Gasteiger partial charge is 0.496 e. The highest BCUT2D eigenvalue weighted by molar-refractivity contribution is 6.31. The van der Waals surface area contributed by atoms with E-state index < -0.39 is 0 Å². The molecule has 0 bridgehead atoms. The lowest BCUT2D eigenvalue weighted by molar-refractivity contribution is 0.0719. The van der Waals surface area contributed by atoms with Gasteiger partial charge in [0.15, 0.2) is 5.76 Å². The number of nitrogens with one attached hydrogen (secondary N) is 2. The molecule has 11 rings (SSSR count). The first-order valence-corrected chi connectivity index (χ1v) is 21.3. The van der Waals surface area contributed by atoms with Crippen molar-refractivity contribution < 1.29 is 23.5 Å². The molecule has 2 saturated heterocycles. The molecule has 4 aromatic carbocycles. The second kappa shape index (κ2) is 15.4. The number of carbonyl (C=O) groups excluding carboxylic acids is 2. The van der Waals surface area contributed by atoms with E-state index in [9.17, 15) is 9.59 Å². The Bertz CT molecular complexity index is 3090.